The Labute approximate surface area is 107 Å². The predicted molar refractivity (Wildman–Crippen MR) is 66.1 cm³/mol. The Morgan fingerprint density at radius 2 is 1.83 bits per heavy atom. The van der Waals surface area contributed by atoms with Gasteiger partial charge in [0.05, 0.1) is 11.5 Å². The van der Waals surface area contributed by atoms with E-state index in [1.54, 1.807) is 0 Å². The van der Waals surface area contributed by atoms with Gasteiger partial charge in [-0.1, -0.05) is 0 Å². The summed E-state index contributed by atoms with van der Waals surface area (Å²) in [6.07, 6.45) is 0. The lowest BCUT2D eigenvalue weighted by molar-refractivity contribution is -0.140. The summed E-state index contributed by atoms with van der Waals surface area (Å²) >= 11 is 0. The Morgan fingerprint density at radius 1 is 1.33 bits per heavy atom. The van der Waals surface area contributed by atoms with Crippen molar-refractivity contribution in [2.75, 3.05) is 25.1 Å². The molecule has 0 fully saturated rings. The quantitative estimate of drug-likeness (QED) is 0.572. The molecule has 0 aliphatic carbocycles. The number of sulfonamides is 2. The van der Waals surface area contributed by atoms with Gasteiger partial charge in [-0.15, -0.1) is 0 Å². The number of carbonyl (C=O) groups is 1. The van der Waals surface area contributed by atoms with E-state index >= 15 is 0 Å². The minimum atomic E-state index is -3.81. The van der Waals surface area contributed by atoms with Crippen LogP contribution in [0.25, 0.3) is 0 Å². The highest BCUT2D eigenvalue weighted by molar-refractivity contribution is 7.90. The Balaban J connectivity index is 4.55. The zero-order valence-corrected chi connectivity index (χ0v) is 12.1. The zero-order valence-electron chi connectivity index (χ0n) is 10.5. The monoisotopic (exact) mass is 302 g/mol. The van der Waals surface area contributed by atoms with E-state index in [0.29, 0.717) is 4.31 Å². The van der Waals surface area contributed by atoms with Gasteiger partial charge in [0.1, 0.15) is 6.04 Å². The van der Waals surface area contributed by atoms with E-state index in [1.807, 2.05) is 0 Å². The van der Waals surface area contributed by atoms with Gasteiger partial charge < -0.3 is 5.11 Å². The maximum Gasteiger partial charge on any atom is 0.321 e. The third kappa shape index (κ3) is 5.29. The summed E-state index contributed by atoms with van der Waals surface area (Å²) in [5, 5.41) is 8.69. The first-order chi connectivity index (χ1) is 8.03. The molecule has 0 heterocycles. The maximum absolute atomic E-state index is 11.7. The van der Waals surface area contributed by atoms with Gasteiger partial charge in [-0.2, -0.15) is 4.31 Å². The minimum Gasteiger partial charge on any atom is -0.480 e. The third-order valence-electron chi connectivity index (χ3n) is 2.40. The number of nitrogens with zero attached hydrogens (tertiary/aromatic N) is 1. The van der Waals surface area contributed by atoms with Crippen LogP contribution in [0.3, 0.4) is 0 Å². The first-order valence-electron chi connectivity index (χ1n) is 5.19. The normalized spacial score (nSPS) is 14.7. The summed E-state index contributed by atoms with van der Waals surface area (Å²) < 4.78 is 48.3. The second kappa shape index (κ2) is 6.45. The van der Waals surface area contributed by atoms with Crippen LogP contribution < -0.4 is 4.72 Å². The van der Waals surface area contributed by atoms with Crippen LogP contribution in [0.1, 0.15) is 13.8 Å². The van der Waals surface area contributed by atoms with Crippen LogP contribution in [0.5, 0.6) is 0 Å². The van der Waals surface area contributed by atoms with Crippen LogP contribution in [0, 0.1) is 0 Å². The molecule has 0 amide bonds. The fourth-order valence-electron chi connectivity index (χ4n) is 0.969. The largest absolute Gasteiger partial charge is 0.480 e. The van der Waals surface area contributed by atoms with Crippen molar-refractivity contribution < 1.29 is 26.7 Å². The summed E-state index contributed by atoms with van der Waals surface area (Å²) in [4.78, 5) is 10.6. The molecule has 0 aliphatic heterocycles. The minimum absolute atomic E-state index is 0.144. The van der Waals surface area contributed by atoms with Gasteiger partial charge in [0.2, 0.25) is 20.0 Å². The average molecular weight is 302 g/mol. The number of carboxylic acids is 1. The van der Waals surface area contributed by atoms with Crippen molar-refractivity contribution >= 4 is 26.0 Å². The van der Waals surface area contributed by atoms with E-state index in [4.69, 9.17) is 5.11 Å². The predicted octanol–water partition coefficient (Wildman–Crippen LogP) is -1.34. The molecule has 8 nitrogen and oxygen atoms in total. The molecule has 0 bridgehead atoms. The smallest absolute Gasteiger partial charge is 0.321 e. The Kier molecular flexibility index (Phi) is 6.20. The number of rotatable bonds is 8. The topological polar surface area (TPSA) is 121 Å². The van der Waals surface area contributed by atoms with Crippen molar-refractivity contribution in [2.24, 2.45) is 0 Å². The van der Waals surface area contributed by atoms with Crippen molar-refractivity contribution in [1.29, 1.82) is 0 Å². The highest BCUT2D eigenvalue weighted by Crippen LogP contribution is 2.04. The van der Waals surface area contributed by atoms with Crippen LogP contribution in [-0.4, -0.2) is 63.4 Å². The molecule has 0 aliphatic rings. The molecular formula is C8H18N2O6S2. The second-order valence-corrected chi connectivity index (χ2v) is 7.89. The summed E-state index contributed by atoms with van der Waals surface area (Å²) in [5.74, 6) is -1.90. The molecule has 1 unspecified atom stereocenters. The Bertz CT molecular complexity index is 484. The summed E-state index contributed by atoms with van der Waals surface area (Å²) in [6.45, 7) is 2.38. The molecule has 1 atom stereocenters. The number of aliphatic carboxylic acids is 1. The molecular weight excluding hydrogens is 284 g/mol. The Morgan fingerprint density at radius 3 is 2.22 bits per heavy atom. The van der Waals surface area contributed by atoms with Crippen molar-refractivity contribution in [2.45, 2.75) is 19.9 Å². The van der Waals surface area contributed by atoms with Gasteiger partial charge in [-0.05, 0) is 13.8 Å². The molecule has 0 aromatic heterocycles. The maximum atomic E-state index is 11.7. The first-order valence-corrected chi connectivity index (χ1v) is 8.45. The van der Waals surface area contributed by atoms with Gasteiger partial charge in [-0.25, -0.2) is 21.6 Å². The number of hydrogen-bond donors (Lipinski definition) is 2. The van der Waals surface area contributed by atoms with E-state index in [2.05, 4.69) is 4.72 Å². The van der Waals surface area contributed by atoms with Crippen LogP contribution in [0.4, 0.5) is 0 Å². The van der Waals surface area contributed by atoms with Crippen LogP contribution in [-0.2, 0) is 24.8 Å². The fourth-order valence-corrected chi connectivity index (χ4v) is 2.94. The lowest BCUT2D eigenvalue weighted by atomic mass is 10.4. The first kappa shape index (κ1) is 17.3. The van der Waals surface area contributed by atoms with Crippen molar-refractivity contribution in [3.8, 4) is 0 Å². The standard InChI is InChI=1S/C8H18N2O6S2/c1-4-17(13,14)9-5-6-18(15,16)10(3)7(2)8(11)12/h7,9H,4-6H2,1-3H3,(H,11,12). The van der Waals surface area contributed by atoms with E-state index in [0.717, 1.165) is 7.05 Å². The third-order valence-corrected chi connectivity index (χ3v) is 5.72. The lowest BCUT2D eigenvalue weighted by Gasteiger charge is -2.20. The molecule has 0 saturated carbocycles. The van der Waals surface area contributed by atoms with Gasteiger partial charge in [0, 0.05) is 13.6 Å². The fraction of sp³-hybridized carbons (Fsp3) is 0.875. The molecule has 0 aromatic carbocycles. The molecule has 0 rings (SSSR count). The van der Waals surface area contributed by atoms with Gasteiger partial charge >= 0.3 is 5.97 Å². The number of nitrogens with one attached hydrogen (secondary N) is 1. The molecule has 10 heteroatoms. The zero-order chi connectivity index (χ0) is 14.6. The van der Waals surface area contributed by atoms with Crippen LogP contribution >= 0.6 is 0 Å². The highest BCUT2D eigenvalue weighted by Gasteiger charge is 2.27. The van der Waals surface area contributed by atoms with Crippen molar-refractivity contribution in [3.63, 3.8) is 0 Å². The van der Waals surface area contributed by atoms with Crippen LogP contribution in [0.2, 0.25) is 0 Å². The summed E-state index contributed by atoms with van der Waals surface area (Å²) in [6, 6.07) is -1.20. The number of carboxylic acid groups (broad SMARTS) is 1. The van der Waals surface area contributed by atoms with E-state index in [9.17, 15) is 21.6 Å². The van der Waals surface area contributed by atoms with E-state index in [1.165, 1.54) is 13.8 Å². The molecule has 0 saturated heterocycles. The van der Waals surface area contributed by atoms with Crippen LogP contribution in [0.15, 0.2) is 0 Å². The average Bonchev–Trinajstić information content (AvgIpc) is 2.26. The van der Waals surface area contributed by atoms with E-state index < -0.39 is 37.8 Å². The number of hydrogen-bond acceptors (Lipinski definition) is 5. The second-order valence-electron chi connectivity index (χ2n) is 3.64. The van der Waals surface area contributed by atoms with Crippen molar-refractivity contribution in [3.05, 3.63) is 0 Å². The van der Waals surface area contributed by atoms with Gasteiger partial charge in [0.25, 0.3) is 0 Å². The SMILES string of the molecule is CCS(=O)(=O)NCCS(=O)(=O)N(C)C(C)C(=O)O. The lowest BCUT2D eigenvalue weighted by Crippen LogP contribution is -2.43. The molecule has 0 radical (unpaired) electrons. The van der Waals surface area contributed by atoms with Crippen molar-refractivity contribution in [1.82, 2.24) is 9.03 Å². The summed E-state index contributed by atoms with van der Waals surface area (Å²) in [7, 11) is -6.12. The molecule has 2 N–H and O–H groups in total. The molecule has 0 aromatic rings. The number of likely N-dealkylation sites (N-methyl/N-ethyl adjacent to an activating group) is 1. The van der Waals surface area contributed by atoms with Gasteiger partial charge in [-0.3, -0.25) is 4.79 Å². The highest BCUT2D eigenvalue weighted by atomic mass is 32.2. The molecule has 18 heavy (non-hydrogen) atoms. The van der Waals surface area contributed by atoms with E-state index in [-0.39, 0.29) is 12.3 Å². The molecule has 0 spiro atoms. The molecule has 108 valence electrons. The Hall–Kier alpha value is -0.710. The van der Waals surface area contributed by atoms with Gasteiger partial charge in [0.15, 0.2) is 0 Å². The summed E-state index contributed by atoms with van der Waals surface area (Å²) in [5.41, 5.74) is 0.